The van der Waals surface area contributed by atoms with E-state index >= 15 is 0 Å². The molecule has 1 saturated heterocycles. The van der Waals surface area contributed by atoms with Gasteiger partial charge in [0.2, 0.25) is 0 Å². The lowest BCUT2D eigenvalue weighted by atomic mass is 10.2. The molecule has 0 amide bonds. The first-order valence-corrected chi connectivity index (χ1v) is 11.7. The second-order valence-corrected chi connectivity index (χ2v) is 10.1. The molecule has 1 fully saturated rings. The molecule has 0 saturated carbocycles. The van der Waals surface area contributed by atoms with Gasteiger partial charge in [0.15, 0.2) is 0 Å². The van der Waals surface area contributed by atoms with Crippen molar-refractivity contribution in [1.29, 1.82) is 0 Å². The fourth-order valence-corrected chi connectivity index (χ4v) is 5.87. The Labute approximate surface area is 151 Å². The van der Waals surface area contributed by atoms with Crippen LogP contribution in [0.5, 0.6) is 0 Å². The quantitative estimate of drug-likeness (QED) is 0.549. The van der Waals surface area contributed by atoms with Crippen LogP contribution in [0.3, 0.4) is 0 Å². The van der Waals surface area contributed by atoms with Crippen LogP contribution >= 0.6 is 7.92 Å². The van der Waals surface area contributed by atoms with Gasteiger partial charge in [-0.1, -0.05) is 60.7 Å². The molecular weight excluding hydrogens is 355 g/mol. The van der Waals surface area contributed by atoms with Crippen molar-refractivity contribution in [2.24, 2.45) is 0 Å². The Hall–Kier alpha value is -1.26. The van der Waals surface area contributed by atoms with Crippen LogP contribution in [-0.4, -0.2) is 39.7 Å². The van der Waals surface area contributed by atoms with Crippen LogP contribution in [0.4, 0.5) is 0 Å². The molecule has 1 aliphatic rings. The zero-order valence-electron chi connectivity index (χ0n) is 14.2. The summed E-state index contributed by atoms with van der Waals surface area (Å²) in [4.78, 5) is 0. The predicted octanol–water partition coefficient (Wildman–Crippen LogP) is 2.64. The average molecular weight is 378 g/mol. The molecule has 0 aromatic heterocycles. The summed E-state index contributed by atoms with van der Waals surface area (Å²) in [5.41, 5.74) is 0. The first-order chi connectivity index (χ1) is 12.0. The topological polar surface area (TPSA) is 52.6 Å². The maximum Gasteiger partial charge on any atom is 0.264 e. The Morgan fingerprint density at radius 3 is 2.00 bits per heavy atom. The van der Waals surface area contributed by atoms with Gasteiger partial charge in [-0.25, -0.2) is 0 Å². The molecule has 0 bridgehead atoms. The van der Waals surface area contributed by atoms with E-state index in [2.05, 4.69) is 48.5 Å². The maximum absolute atomic E-state index is 11.1. The third kappa shape index (κ3) is 5.61. The van der Waals surface area contributed by atoms with Gasteiger partial charge in [-0.05, 0) is 31.4 Å². The van der Waals surface area contributed by atoms with Gasteiger partial charge in [0.25, 0.3) is 10.1 Å². The fraction of sp³-hybridized carbons (Fsp3) is 0.368. The van der Waals surface area contributed by atoms with Crippen molar-refractivity contribution in [3.63, 3.8) is 0 Å². The van der Waals surface area contributed by atoms with Crippen LogP contribution in [0, 0.1) is 0 Å². The molecule has 0 unspecified atom stereocenters. The largest absolute Gasteiger partial charge is 0.372 e. The van der Waals surface area contributed by atoms with Crippen LogP contribution in [0.25, 0.3) is 0 Å². The van der Waals surface area contributed by atoms with Gasteiger partial charge in [0.05, 0.1) is 25.1 Å². The van der Waals surface area contributed by atoms with Crippen LogP contribution in [0.2, 0.25) is 0 Å². The molecule has 0 N–H and O–H groups in total. The van der Waals surface area contributed by atoms with Crippen LogP contribution < -0.4 is 10.6 Å². The zero-order valence-corrected chi connectivity index (χ0v) is 16.0. The normalized spacial score (nSPS) is 20.9. The summed E-state index contributed by atoms with van der Waals surface area (Å²) in [5, 5.41) is 2.67. The minimum Gasteiger partial charge on any atom is -0.372 e. The van der Waals surface area contributed by atoms with Gasteiger partial charge in [0, 0.05) is 6.16 Å². The Morgan fingerprint density at radius 2 is 1.48 bits per heavy atom. The van der Waals surface area contributed by atoms with Gasteiger partial charge in [0.1, 0.15) is 0 Å². The molecule has 1 aliphatic heterocycles. The third-order valence-corrected chi connectivity index (χ3v) is 7.37. The third-order valence-electron chi connectivity index (χ3n) is 4.19. The van der Waals surface area contributed by atoms with E-state index < -0.39 is 18.0 Å². The highest BCUT2D eigenvalue weighted by Gasteiger charge is 2.29. The van der Waals surface area contributed by atoms with Crippen molar-refractivity contribution < 1.29 is 17.3 Å². The van der Waals surface area contributed by atoms with E-state index in [0.717, 1.165) is 25.3 Å². The van der Waals surface area contributed by atoms with Gasteiger partial charge < -0.3 is 4.74 Å². The van der Waals surface area contributed by atoms with Crippen molar-refractivity contribution in [2.45, 2.75) is 25.0 Å². The SMILES string of the molecule is CS(=O)(=O)OC[C@@H]1CC[C@@H](CP(c2ccccc2)c2ccccc2)O1. The molecule has 4 nitrogen and oxygen atoms in total. The van der Waals surface area contributed by atoms with Crippen molar-refractivity contribution in [2.75, 3.05) is 19.0 Å². The lowest BCUT2D eigenvalue weighted by Gasteiger charge is -2.22. The lowest BCUT2D eigenvalue weighted by Crippen LogP contribution is -2.24. The molecule has 0 aliphatic carbocycles. The first kappa shape index (κ1) is 18.5. The van der Waals surface area contributed by atoms with Crippen molar-refractivity contribution >= 4 is 28.6 Å². The minimum atomic E-state index is -3.41. The lowest BCUT2D eigenvalue weighted by molar-refractivity contribution is 0.0299. The summed E-state index contributed by atoms with van der Waals surface area (Å²) < 4.78 is 33.2. The van der Waals surface area contributed by atoms with E-state index in [4.69, 9.17) is 8.92 Å². The summed E-state index contributed by atoms with van der Waals surface area (Å²) in [7, 11) is -3.91. The van der Waals surface area contributed by atoms with E-state index in [9.17, 15) is 8.42 Å². The number of ether oxygens (including phenoxy) is 1. The van der Waals surface area contributed by atoms with E-state index in [0.29, 0.717) is 0 Å². The summed E-state index contributed by atoms with van der Waals surface area (Å²) in [5.74, 6) is 0. The second-order valence-electron chi connectivity index (χ2n) is 6.23. The molecule has 134 valence electrons. The van der Waals surface area contributed by atoms with Crippen molar-refractivity contribution in [3.8, 4) is 0 Å². The predicted molar refractivity (Wildman–Crippen MR) is 103 cm³/mol. The molecule has 2 aromatic rings. The number of benzene rings is 2. The Balaban J connectivity index is 1.68. The first-order valence-electron chi connectivity index (χ1n) is 8.39. The van der Waals surface area contributed by atoms with Gasteiger partial charge >= 0.3 is 0 Å². The summed E-state index contributed by atoms with van der Waals surface area (Å²) in [6.45, 7) is 0.115. The minimum absolute atomic E-state index is 0.115. The molecule has 6 heteroatoms. The van der Waals surface area contributed by atoms with Crippen molar-refractivity contribution in [3.05, 3.63) is 60.7 Å². The maximum atomic E-state index is 11.1. The fourth-order valence-electron chi connectivity index (χ4n) is 3.02. The number of hydrogen-bond acceptors (Lipinski definition) is 4. The van der Waals surface area contributed by atoms with E-state index in [1.807, 2.05) is 12.1 Å². The van der Waals surface area contributed by atoms with Crippen LogP contribution in [-0.2, 0) is 19.0 Å². The Kier molecular flexibility index (Phi) is 6.24. The van der Waals surface area contributed by atoms with Gasteiger partial charge in [-0.2, -0.15) is 8.42 Å². The Morgan fingerprint density at radius 1 is 0.960 bits per heavy atom. The average Bonchev–Trinajstić information content (AvgIpc) is 3.07. The molecule has 25 heavy (non-hydrogen) atoms. The van der Waals surface area contributed by atoms with E-state index in [1.165, 1.54) is 10.6 Å². The highest BCUT2D eigenvalue weighted by Crippen LogP contribution is 2.37. The van der Waals surface area contributed by atoms with E-state index in [-0.39, 0.29) is 18.8 Å². The standard InChI is InChI=1S/C19H23O4PS/c1-25(20,21)22-14-16-12-13-17(23-16)15-24(18-8-4-2-5-9-18)19-10-6-3-7-11-19/h2-11,16-17H,12-15H2,1H3/t16-,17-/m0/s1. The van der Waals surface area contributed by atoms with Crippen LogP contribution in [0.15, 0.2) is 60.7 Å². The summed E-state index contributed by atoms with van der Waals surface area (Å²) >= 11 is 0. The molecule has 1 heterocycles. The molecular formula is C19H23O4PS. The molecule has 2 aromatic carbocycles. The summed E-state index contributed by atoms with van der Waals surface area (Å²) in [6, 6.07) is 21.1. The molecule has 3 rings (SSSR count). The number of rotatable bonds is 7. The monoisotopic (exact) mass is 378 g/mol. The second kappa shape index (κ2) is 8.41. The van der Waals surface area contributed by atoms with Gasteiger partial charge in [-0.15, -0.1) is 0 Å². The van der Waals surface area contributed by atoms with Crippen molar-refractivity contribution in [1.82, 2.24) is 0 Å². The van der Waals surface area contributed by atoms with Crippen LogP contribution in [0.1, 0.15) is 12.8 Å². The summed E-state index contributed by atoms with van der Waals surface area (Å²) in [6.07, 6.45) is 3.80. The molecule has 2 atom stereocenters. The van der Waals surface area contributed by atoms with Gasteiger partial charge in [-0.3, -0.25) is 4.18 Å². The molecule has 0 spiro atoms. The molecule has 0 radical (unpaired) electrons. The Bertz CT molecular complexity index is 725. The highest BCUT2D eigenvalue weighted by atomic mass is 32.2. The smallest absolute Gasteiger partial charge is 0.264 e. The van der Waals surface area contributed by atoms with E-state index in [1.54, 1.807) is 0 Å². The highest BCUT2D eigenvalue weighted by molar-refractivity contribution is 7.86. The zero-order chi connectivity index (χ0) is 17.7. The number of hydrogen-bond donors (Lipinski definition) is 0.